The van der Waals surface area contributed by atoms with Crippen LogP contribution in [0.3, 0.4) is 0 Å². The molecule has 1 amide bonds. The van der Waals surface area contributed by atoms with Crippen molar-refractivity contribution in [3.63, 3.8) is 0 Å². The Morgan fingerprint density at radius 1 is 0.684 bits per heavy atom. The molecule has 11 heteroatoms. The second-order valence-electron chi connectivity index (χ2n) is 7.62. The molecule has 0 aliphatic heterocycles. The molecule has 0 aliphatic carbocycles. The van der Waals surface area contributed by atoms with Crippen molar-refractivity contribution in [2.75, 3.05) is 0 Å². The molecule has 38 heavy (non-hydrogen) atoms. The molecule has 6 nitrogen and oxygen atoms in total. The smallest absolute Gasteiger partial charge is 0.259 e. The lowest BCUT2D eigenvalue weighted by Gasteiger charge is -2.29. The van der Waals surface area contributed by atoms with Crippen molar-refractivity contribution >= 4 is 63.9 Å². The molecule has 4 rings (SSSR count). The van der Waals surface area contributed by atoms with Gasteiger partial charge < -0.3 is 0 Å². The van der Waals surface area contributed by atoms with Crippen LogP contribution in [0.1, 0.15) is 10.4 Å². The molecule has 196 valence electrons. The van der Waals surface area contributed by atoms with Crippen LogP contribution in [-0.2, 0) is 0 Å². The maximum atomic E-state index is 13.4. The van der Waals surface area contributed by atoms with Crippen LogP contribution in [0.4, 0.5) is 0 Å². The molecule has 0 atom stereocenters. The fourth-order valence-electron chi connectivity index (χ4n) is 3.87. The van der Waals surface area contributed by atoms with E-state index < -0.39 is 17.5 Å². The van der Waals surface area contributed by atoms with Gasteiger partial charge in [-0.25, -0.2) is 0 Å². The highest BCUT2D eigenvalue weighted by Gasteiger charge is 2.52. The summed E-state index contributed by atoms with van der Waals surface area (Å²) >= 11 is 19.5. The third-order valence-corrected chi connectivity index (χ3v) is 10.5. The van der Waals surface area contributed by atoms with Crippen LogP contribution in [0.25, 0.3) is 0 Å². The quantitative estimate of drug-likeness (QED) is 0.325. The summed E-state index contributed by atoms with van der Waals surface area (Å²) in [6.45, 7) is 0. The van der Waals surface area contributed by atoms with Crippen molar-refractivity contribution in [1.82, 2.24) is 5.32 Å². The van der Waals surface area contributed by atoms with Gasteiger partial charge in [-0.3, -0.25) is 10.1 Å². The number of amides is 1. The van der Waals surface area contributed by atoms with Gasteiger partial charge in [-0.05, 0) is 48.5 Å². The summed E-state index contributed by atoms with van der Waals surface area (Å²) in [5.74, 6) is -0.374. The third-order valence-electron chi connectivity index (χ3n) is 5.30. The van der Waals surface area contributed by atoms with Crippen molar-refractivity contribution < 1.29 is 33.7 Å². The van der Waals surface area contributed by atoms with E-state index >= 15 is 0 Å². The van der Waals surface area contributed by atoms with Gasteiger partial charge in [0.15, 0.2) is 11.8 Å². The molecule has 4 aromatic carbocycles. The molecule has 0 aromatic heterocycles. The lowest BCUT2D eigenvalue weighted by atomic mass is 10.2. The van der Waals surface area contributed by atoms with Crippen molar-refractivity contribution in [2.45, 2.75) is 0 Å². The molecule has 0 saturated carbocycles. The van der Waals surface area contributed by atoms with E-state index in [4.69, 9.17) is 53.4 Å². The Morgan fingerprint density at radius 2 is 1.03 bits per heavy atom. The van der Waals surface area contributed by atoms with Crippen LogP contribution < -0.4 is 35.2 Å². The summed E-state index contributed by atoms with van der Waals surface area (Å²) in [6.07, 6.45) is 0. The van der Waals surface area contributed by atoms with Gasteiger partial charge in [0.2, 0.25) is 5.44 Å². The second-order valence-corrected chi connectivity index (χ2v) is 13.1. The van der Waals surface area contributed by atoms with Crippen molar-refractivity contribution in [3.8, 4) is 0 Å². The Hall–Kier alpha value is -2.48. The van der Waals surface area contributed by atoms with Gasteiger partial charge in [-0.15, -0.1) is 0 Å². The predicted molar refractivity (Wildman–Crippen MR) is 145 cm³/mol. The van der Waals surface area contributed by atoms with Gasteiger partial charge in [0.1, 0.15) is 15.9 Å². The minimum absolute atomic E-state index is 0.000274. The number of carbonyl (C=O) groups excluding carboxylic acids is 1. The molecule has 0 aliphatic rings. The zero-order valence-electron chi connectivity index (χ0n) is 19.5. The molecule has 0 fully saturated rings. The van der Waals surface area contributed by atoms with Crippen LogP contribution in [0.15, 0.2) is 125 Å². The Morgan fingerprint density at radius 3 is 1.37 bits per heavy atom. The van der Waals surface area contributed by atoms with Gasteiger partial charge in [0.25, 0.3) is 5.91 Å². The largest absolute Gasteiger partial charge is 0.290 e. The summed E-state index contributed by atoms with van der Waals surface area (Å²) in [4.78, 5) is 13.4. The average Bonchev–Trinajstić information content (AvgIpc) is 2.89. The van der Waals surface area contributed by atoms with Crippen LogP contribution in [0.2, 0.25) is 5.02 Å². The van der Waals surface area contributed by atoms with Crippen LogP contribution >= 0.6 is 42.1 Å². The Labute approximate surface area is 237 Å². The number of nitrogens with one attached hydrogen (secondary N) is 1. The highest BCUT2D eigenvalue weighted by Crippen LogP contribution is 2.63. The van der Waals surface area contributed by atoms with Crippen molar-refractivity contribution in [3.05, 3.63) is 136 Å². The number of halogens is 4. The maximum absolute atomic E-state index is 13.4. The summed E-state index contributed by atoms with van der Waals surface area (Å²) in [6, 6.07) is 36.9. The van der Waals surface area contributed by atoms with E-state index in [-0.39, 0.29) is 10.4 Å². The Kier molecular flexibility index (Phi) is 10.7. The van der Waals surface area contributed by atoms with Crippen LogP contribution in [0, 0.1) is 10.2 Å². The first-order valence-electron chi connectivity index (χ1n) is 10.9. The van der Waals surface area contributed by atoms with Gasteiger partial charge >= 0.3 is 0 Å². The van der Waals surface area contributed by atoms with Crippen molar-refractivity contribution in [2.24, 2.45) is 0 Å². The molecular formula is C27H21Cl4NO5P+. The SMILES string of the molecule is O=C(NC(=C(Cl)Cl)[P+](c1ccccc1)(c1ccccc1)c1ccccc1)c1ccccc1Cl.[O-][Cl+3]([O-])([O-])O. The first-order valence-corrected chi connectivity index (χ1v) is 15.0. The summed E-state index contributed by atoms with van der Waals surface area (Å²) in [5, 5.41) is 6.43. The third kappa shape index (κ3) is 7.55. The molecule has 0 radical (unpaired) electrons. The molecule has 0 unspecified atom stereocenters. The zero-order valence-corrected chi connectivity index (χ0v) is 23.4. The van der Waals surface area contributed by atoms with E-state index in [0.717, 1.165) is 15.9 Å². The van der Waals surface area contributed by atoms with Crippen molar-refractivity contribution in [1.29, 1.82) is 0 Å². The normalized spacial score (nSPS) is 11.1. The lowest BCUT2D eigenvalue weighted by molar-refractivity contribution is -1.92. The zero-order chi connectivity index (χ0) is 27.8. The fraction of sp³-hybridized carbons (Fsp3) is 0. The number of hydrogen-bond acceptors (Lipinski definition) is 5. The maximum Gasteiger partial charge on any atom is 0.259 e. The molecule has 2 N–H and O–H groups in total. The number of hydrogen-bond donors (Lipinski definition) is 2. The van der Waals surface area contributed by atoms with Crippen LogP contribution in [-0.4, -0.2) is 10.6 Å². The van der Waals surface area contributed by atoms with Gasteiger partial charge in [-0.2, -0.15) is 14.0 Å². The minimum atomic E-state index is -4.69. The minimum Gasteiger partial charge on any atom is -0.290 e. The molecule has 0 spiro atoms. The number of benzene rings is 4. The van der Waals surface area contributed by atoms with E-state index in [2.05, 4.69) is 5.32 Å². The number of rotatable bonds is 6. The molecular weight excluding hydrogens is 591 g/mol. The topological polar surface area (TPSA) is 119 Å². The summed E-state index contributed by atoms with van der Waals surface area (Å²) in [5.41, 5.74) is 0.804. The van der Waals surface area contributed by atoms with Gasteiger partial charge in [0.05, 0.1) is 25.5 Å². The second kappa shape index (κ2) is 13.5. The highest BCUT2D eigenvalue weighted by molar-refractivity contribution is 7.99. The van der Waals surface area contributed by atoms with E-state index in [1.54, 1.807) is 24.3 Å². The standard InChI is InChI=1S/C27H19Cl3NOP.ClHO4/c28-24-19-11-10-18-23(24)26(32)31-27(25(29)30)33(20-12-4-1-5-13-20,21-14-6-2-7-15-21)22-16-8-3-9-17-22;2-1(3,4)5/h1-19H;(H,2,3,4,5)/p+1. The number of carbonyl (C=O) groups is 1. The van der Waals surface area contributed by atoms with Gasteiger partial charge in [0, 0.05) is 0 Å². The average molecular weight is 612 g/mol. The summed E-state index contributed by atoms with van der Waals surface area (Å²) in [7, 11) is -7.36. The Balaban J connectivity index is 0.000000732. The molecule has 0 saturated heterocycles. The molecule has 0 bridgehead atoms. The fourth-order valence-corrected chi connectivity index (χ4v) is 8.99. The molecule has 4 aromatic rings. The predicted octanol–water partition coefficient (Wildman–Crippen LogP) is 2.54. The van der Waals surface area contributed by atoms with E-state index in [0.29, 0.717) is 16.0 Å². The monoisotopic (exact) mass is 610 g/mol. The Bertz CT molecular complexity index is 1280. The molecule has 0 heterocycles. The van der Waals surface area contributed by atoms with E-state index in [1.165, 1.54) is 0 Å². The first kappa shape index (κ1) is 30.1. The first-order chi connectivity index (χ1) is 18.0. The highest BCUT2D eigenvalue weighted by atomic mass is 35.7. The summed E-state index contributed by atoms with van der Waals surface area (Å²) < 4.78 is 32.7. The van der Waals surface area contributed by atoms with E-state index in [1.807, 2.05) is 91.0 Å². The van der Waals surface area contributed by atoms with Crippen LogP contribution in [0.5, 0.6) is 0 Å². The van der Waals surface area contributed by atoms with E-state index in [9.17, 15) is 4.79 Å². The lowest BCUT2D eigenvalue weighted by Crippen LogP contribution is -2.58. The van der Waals surface area contributed by atoms with Gasteiger partial charge in [-0.1, -0.05) is 102 Å².